The molecule has 1 unspecified atom stereocenters. The minimum Gasteiger partial charge on any atom is -0.374 e. The minimum atomic E-state index is 0.132. The van der Waals surface area contributed by atoms with Crippen molar-refractivity contribution in [2.75, 3.05) is 19.7 Å². The lowest BCUT2D eigenvalue weighted by Crippen LogP contribution is -2.33. The van der Waals surface area contributed by atoms with E-state index in [1.54, 1.807) is 0 Å². The number of benzene rings is 1. The fourth-order valence-corrected chi connectivity index (χ4v) is 1.66. The molecular weight excluding hydrogens is 238 g/mol. The molecule has 0 bridgehead atoms. The molecule has 3 N–H and O–H groups in total. The predicted octanol–water partition coefficient (Wildman–Crippen LogP) is 2.47. The Morgan fingerprint density at radius 2 is 2.11 bits per heavy atom. The molecule has 0 saturated heterocycles. The number of rotatable bonds is 8. The van der Waals surface area contributed by atoms with E-state index in [1.165, 1.54) is 5.56 Å². The van der Waals surface area contributed by atoms with E-state index in [4.69, 9.17) is 10.5 Å². The van der Waals surface area contributed by atoms with Crippen LogP contribution in [-0.4, -0.2) is 25.7 Å². The van der Waals surface area contributed by atoms with E-state index in [2.05, 4.69) is 36.3 Å². The van der Waals surface area contributed by atoms with Gasteiger partial charge in [0.05, 0.1) is 6.10 Å². The number of nitrogens with two attached hydrogens (primary N) is 1. The predicted molar refractivity (Wildman–Crippen MR) is 80.2 cm³/mol. The third-order valence-corrected chi connectivity index (χ3v) is 2.77. The van der Waals surface area contributed by atoms with Crippen molar-refractivity contribution in [2.24, 2.45) is 10.7 Å². The fraction of sp³-hybridized carbons (Fsp3) is 0.533. The van der Waals surface area contributed by atoms with Crippen molar-refractivity contribution in [3.63, 3.8) is 0 Å². The summed E-state index contributed by atoms with van der Waals surface area (Å²) < 4.78 is 5.77. The first kappa shape index (κ1) is 15.5. The fourth-order valence-electron chi connectivity index (χ4n) is 1.66. The second-order valence-corrected chi connectivity index (χ2v) is 4.47. The van der Waals surface area contributed by atoms with Crippen molar-refractivity contribution >= 4 is 5.96 Å². The summed E-state index contributed by atoms with van der Waals surface area (Å²) in [5, 5.41) is 3.08. The summed E-state index contributed by atoms with van der Waals surface area (Å²) >= 11 is 0. The Hall–Kier alpha value is -1.55. The van der Waals surface area contributed by atoms with Crippen molar-refractivity contribution in [2.45, 2.75) is 32.8 Å². The van der Waals surface area contributed by atoms with E-state index < -0.39 is 0 Å². The van der Waals surface area contributed by atoms with Crippen molar-refractivity contribution in [1.82, 2.24) is 5.32 Å². The second-order valence-electron chi connectivity index (χ2n) is 4.47. The lowest BCUT2D eigenvalue weighted by molar-refractivity contribution is 0.0646. The Balaban J connectivity index is 2.11. The highest BCUT2D eigenvalue weighted by molar-refractivity contribution is 5.77. The second kappa shape index (κ2) is 9.39. The number of aliphatic imine (C=N–C) groups is 1. The van der Waals surface area contributed by atoms with Crippen LogP contribution in [0.4, 0.5) is 0 Å². The van der Waals surface area contributed by atoms with Crippen LogP contribution in [0.25, 0.3) is 0 Å². The maximum absolute atomic E-state index is 5.77. The largest absolute Gasteiger partial charge is 0.374 e. The molecule has 4 nitrogen and oxygen atoms in total. The van der Waals surface area contributed by atoms with Crippen molar-refractivity contribution in [3.8, 4) is 0 Å². The lowest BCUT2D eigenvalue weighted by Gasteiger charge is -2.13. The molecule has 0 fully saturated rings. The van der Waals surface area contributed by atoms with Gasteiger partial charge in [0.1, 0.15) is 0 Å². The zero-order valence-electron chi connectivity index (χ0n) is 11.9. The van der Waals surface area contributed by atoms with Gasteiger partial charge >= 0.3 is 0 Å². The summed E-state index contributed by atoms with van der Waals surface area (Å²) in [5.41, 5.74) is 6.90. The highest BCUT2D eigenvalue weighted by Crippen LogP contribution is 2.15. The highest BCUT2D eigenvalue weighted by Gasteiger charge is 2.03. The lowest BCUT2D eigenvalue weighted by atomic mass is 10.1. The third-order valence-electron chi connectivity index (χ3n) is 2.77. The van der Waals surface area contributed by atoms with Crippen molar-refractivity contribution in [3.05, 3.63) is 35.9 Å². The van der Waals surface area contributed by atoms with E-state index in [9.17, 15) is 0 Å². The standard InChI is InChI=1S/C15H25N3O/c1-3-10-17-15(16)18-11-7-12-19-13(2)14-8-5-4-6-9-14/h4-6,8-9,13H,3,7,10-12H2,1-2H3,(H3,16,17,18). The molecule has 0 aromatic heterocycles. The van der Waals surface area contributed by atoms with Gasteiger partial charge in [-0.3, -0.25) is 4.99 Å². The van der Waals surface area contributed by atoms with E-state index in [0.717, 1.165) is 25.9 Å². The van der Waals surface area contributed by atoms with E-state index in [1.807, 2.05) is 18.2 Å². The first-order valence-corrected chi connectivity index (χ1v) is 6.94. The normalized spacial score (nSPS) is 13.3. The molecule has 0 aliphatic heterocycles. The molecule has 0 spiro atoms. The van der Waals surface area contributed by atoms with Gasteiger partial charge in [-0.2, -0.15) is 0 Å². The quantitative estimate of drug-likeness (QED) is 0.430. The molecule has 1 aromatic carbocycles. The summed E-state index contributed by atoms with van der Waals surface area (Å²) in [6, 6.07) is 10.2. The van der Waals surface area contributed by atoms with E-state index >= 15 is 0 Å². The van der Waals surface area contributed by atoms with Gasteiger partial charge in [-0.15, -0.1) is 0 Å². The van der Waals surface area contributed by atoms with Gasteiger partial charge in [0, 0.05) is 19.7 Å². The molecule has 0 saturated carbocycles. The molecule has 19 heavy (non-hydrogen) atoms. The molecule has 1 rings (SSSR count). The Morgan fingerprint density at radius 1 is 1.37 bits per heavy atom. The first-order valence-electron chi connectivity index (χ1n) is 6.94. The van der Waals surface area contributed by atoms with Crippen molar-refractivity contribution in [1.29, 1.82) is 0 Å². The van der Waals surface area contributed by atoms with E-state index in [-0.39, 0.29) is 6.10 Å². The van der Waals surface area contributed by atoms with E-state index in [0.29, 0.717) is 12.6 Å². The number of hydrogen-bond donors (Lipinski definition) is 2. The van der Waals surface area contributed by atoms with Crippen LogP contribution in [0, 0.1) is 0 Å². The van der Waals surface area contributed by atoms with Crippen LogP contribution < -0.4 is 11.1 Å². The molecule has 1 aromatic rings. The van der Waals surface area contributed by atoms with Crippen LogP contribution in [0.5, 0.6) is 0 Å². The molecule has 4 heteroatoms. The number of nitrogens with one attached hydrogen (secondary N) is 1. The SMILES string of the molecule is CCCN=C(N)NCCCOC(C)c1ccccc1. The summed E-state index contributed by atoms with van der Waals surface area (Å²) in [6.07, 6.45) is 2.06. The third kappa shape index (κ3) is 6.82. The van der Waals surface area contributed by atoms with Gasteiger partial charge in [-0.1, -0.05) is 37.3 Å². The molecule has 0 heterocycles. The van der Waals surface area contributed by atoms with Gasteiger partial charge in [0.25, 0.3) is 0 Å². The Bertz CT molecular complexity index is 365. The molecule has 1 atom stereocenters. The van der Waals surface area contributed by atoms with Gasteiger partial charge in [-0.05, 0) is 25.3 Å². The van der Waals surface area contributed by atoms with Crippen LogP contribution in [0.3, 0.4) is 0 Å². The van der Waals surface area contributed by atoms with Crippen LogP contribution in [-0.2, 0) is 4.74 Å². The molecule has 0 aliphatic rings. The molecule has 0 aliphatic carbocycles. The van der Waals surface area contributed by atoms with Crippen LogP contribution in [0.2, 0.25) is 0 Å². The average Bonchev–Trinajstić information content (AvgIpc) is 2.45. The summed E-state index contributed by atoms with van der Waals surface area (Å²) in [6.45, 7) is 6.43. The Morgan fingerprint density at radius 3 is 2.79 bits per heavy atom. The van der Waals surface area contributed by atoms with Gasteiger partial charge < -0.3 is 15.8 Å². The zero-order chi connectivity index (χ0) is 13.9. The maximum Gasteiger partial charge on any atom is 0.188 e. The Kier molecular flexibility index (Phi) is 7.66. The average molecular weight is 263 g/mol. The monoisotopic (exact) mass is 263 g/mol. The molecule has 0 amide bonds. The summed E-state index contributed by atoms with van der Waals surface area (Å²) in [5.74, 6) is 0.526. The van der Waals surface area contributed by atoms with Gasteiger partial charge in [0.15, 0.2) is 5.96 Å². The van der Waals surface area contributed by atoms with Crippen LogP contribution >= 0.6 is 0 Å². The summed E-state index contributed by atoms with van der Waals surface area (Å²) in [7, 11) is 0. The summed E-state index contributed by atoms with van der Waals surface area (Å²) in [4.78, 5) is 4.17. The van der Waals surface area contributed by atoms with Gasteiger partial charge in [0.2, 0.25) is 0 Å². The molecule has 106 valence electrons. The Labute approximate surface area is 116 Å². The van der Waals surface area contributed by atoms with Crippen molar-refractivity contribution < 1.29 is 4.74 Å². The topological polar surface area (TPSA) is 59.6 Å². The number of guanidine groups is 1. The zero-order valence-corrected chi connectivity index (χ0v) is 11.9. The van der Waals surface area contributed by atoms with Gasteiger partial charge in [-0.25, -0.2) is 0 Å². The number of nitrogens with zero attached hydrogens (tertiary/aromatic N) is 1. The smallest absolute Gasteiger partial charge is 0.188 e. The first-order chi connectivity index (χ1) is 9.24. The van der Waals surface area contributed by atoms with Crippen LogP contribution in [0.15, 0.2) is 35.3 Å². The molecule has 0 radical (unpaired) electrons. The minimum absolute atomic E-state index is 0.132. The number of hydrogen-bond acceptors (Lipinski definition) is 2. The maximum atomic E-state index is 5.77. The van der Waals surface area contributed by atoms with Crippen LogP contribution in [0.1, 0.15) is 38.4 Å². The highest BCUT2D eigenvalue weighted by atomic mass is 16.5. The molecular formula is C15H25N3O. The number of ether oxygens (including phenoxy) is 1.